The number of hydrogen-bond donors (Lipinski definition) is 1. The Morgan fingerprint density at radius 2 is 1.74 bits per heavy atom. The summed E-state index contributed by atoms with van der Waals surface area (Å²) >= 11 is 0. The average molecular weight is 480 g/mol. The molecule has 0 atom stereocenters. The molecule has 7 nitrogen and oxygen atoms in total. The number of nitrogens with zero attached hydrogens (tertiary/aromatic N) is 1. The first kappa shape index (κ1) is 25.1. The Bertz CT molecular complexity index is 1240. The van der Waals surface area contributed by atoms with Crippen molar-refractivity contribution in [1.29, 1.82) is 5.26 Å². The topological polar surface area (TPSA) is 89.8 Å². The number of carbonyl (C=O) groups is 1. The number of methoxy groups -OCH3 is 2. The van der Waals surface area contributed by atoms with Gasteiger partial charge in [0, 0.05) is 17.3 Å². The van der Waals surface area contributed by atoms with Crippen molar-refractivity contribution in [2.24, 2.45) is 0 Å². The Morgan fingerprint density at radius 3 is 2.40 bits per heavy atom. The number of nitrogens with one attached hydrogen (secondary N) is 1. The number of alkyl halides is 2. The van der Waals surface area contributed by atoms with Gasteiger partial charge in [0.15, 0.2) is 18.1 Å². The highest BCUT2D eigenvalue weighted by molar-refractivity contribution is 6.02. The van der Waals surface area contributed by atoms with Gasteiger partial charge in [0.2, 0.25) is 5.91 Å². The standard InChI is InChI=1S/C26H22F2N2O5/c1-32-20-8-5-18(6-9-20)21-16-19(7-11-22(21)35-26(27)28)30-25(31)12-4-17-3-10-23(34-14-13-29)24(15-17)33-2/h3-12,15-16,26H,14H2,1-2H3,(H,30,31)/b12-4+. The molecule has 0 bridgehead atoms. The summed E-state index contributed by atoms with van der Waals surface area (Å²) in [5, 5.41) is 11.4. The second-order valence-electron chi connectivity index (χ2n) is 7.00. The monoisotopic (exact) mass is 480 g/mol. The Labute approximate surface area is 201 Å². The van der Waals surface area contributed by atoms with Gasteiger partial charge >= 0.3 is 6.61 Å². The molecule has 0 radical (unpaired) electrons. The second-order valence-corrected chi connectivity index (χ2v) is 7.00. The van der Waals surface area contributed by atoms with Crippen molar-refractivity contribution >= 4 is 17.7 Å². The van der Waals surface area contributed by atoms with Crippen LogP contribution in [-0.4, -0.2) is 33.3 Å². The van der Waals surface area contributed by atoms with Crippen LogP contribution in [0.4, 0.5) is 14.5 Å². The number of carbonyl (C=O) groups excluding carboxylic acids is 1. The van der Waals surface area contributed by atoms with E-state index in [1.165, 1.54) is 32.4 Å². The zero-order chi connectivity index (χ0) is 25.2. The van der Waals surface area contributed by atoms with Crippen LogP contribution in [0.5, 0.6) is 23.0 Å². The molecule has 3 aromatic rings. The Hall–Kier alpha value is -4.58. The first-order chi connectivity index (χ1) is 16.9. The van der Waals surface area contributed by atoms with Crippen LogP contribution in [0.2, 0.25) is 0 Å². The van der Waals surface area contributed by atoms with Gasteiger partial charge in [-0.15, -0.1) is 0 Å². The SMILES string of the molecule is COc1ccc(-c2cc(NC(=O)/C=C/c3ccc(OCC#N)c(OC)c3)ccc2OC(F)F)cc1. The van der Waals surface area contributed by atoms with Crippen LogP contribution in [0.3, 0.4) is 0 Å². The summed E-state index contributed by atoms with van der Waals surface area (Å²) in [6.45, 7) is -3.11. The lowest BCUT2D eigenvalue weighted by Gasteiger charge is -2.13. The third-order valence-corrected chi connectivity index (χ3v) is 4.77. The van der Waals surface area contributed by atoms with Gasteiger partial charge in [0.1, 0.15) is 17.6 Å². The van der Waals surface area contributed by atoms with E-state index in [1.54, 1.807) is 54.6 Å². The maximum Gasteiger partial charge on any atom is 0.387 e. The molecule has 0 saturated heterocycles. The fourth-order valence-electron chi connectivity index (χ4n) is 3.18. The van der Waals surface area contributed by atoms with Gasteiger partial charge in [-0.3, -0.25) is 4.79 Å². The largest absolute Gasteiger partial charge is 0.497 e. The van der Waals surface area contributed by atoms with E-state index in [0.29, 0.717) is 39.6 Å². The molecule has 3 rings (SSSR count). The number of ether oxygens (including phenoxy) is 4. The van der Waals surface area contributed by atoms with Crippen molar-refractivity contribution in [1.82, 2.24) is 0 Å². The summed E-state index contributed by atoms with van der Waals surface area (Å²) in [5.41, 5.74) is 2.05. The van der Waals surface area contributed by atoms with Crippen molar-refractivity contribution < 1.29 is 32.5 Å². The minimum Gasteiger partial charge on any atom is -0.497 e. The molecule has 1 amide bonds. The number of hydrogen-bond acceptors (Lipinski definition) is 6. The van der Waals surface area contributed by atoms with Crippen LogP contribution in [0.15, 0.2) is 66.7 Å². The number of amides is 1. The lowest BCUT2D eigenvalue weighted by Crippen LogP contribution is -2.09. The minimum atomic E-state index is -3.00. The Kier molecular flexibility index (Phi) is 8.62. The third kappa shape index (κ3) is 6.95. The van der Waals surface area contributed by atoms with Gasteiger partial charge in [0.25, 0.3) is 0 Å². The fourth-order valence-corrected chi connectivity index (χ4v) is 3.18. The lowest BCUT2D eigenvalue weighted by atomic mass is 10.0. The van der Waals surface area contributed by atoms with Crippen molar-refractivity contribution in [2.75, 3.05) is 26.1 Å². The van der Waals surface area contributed by atoms with Crippen LogP contribution in [0, 0.1) is 11.3 Å². The number of benzene rings is 3. The molecule has 0 saturated carbocycles. The van der Waals surface area contributed by atoms with Crippen molar-refractivity contribution in [3.8, 4) is 40.2 Å². The van der Waals surface area contributed by atoms with E-state index in [0.717, 1.165) is 0 Å². The molecule has 0 aromatic heterocycles. The summed E-state index contributed by atoms with van der Waals surface area (Å²) < 4.78 is 46.1. The molecule has 0 aliphatic carbocycles. The van der Waals surface area contributed by atoms with Crippen molar-refractivity contribution in [2.45, 2.75) is 6.61 Å². The highest BCUT2D eigenvalue weighted by Gasteiger charge is 2.13. The molecule has 0 aliphatic rings. The van der Waals surface area contributed by atoms with Gasteiger partial charge in [-0.1, -0.05) is 18.2 Å². The summed E-state index contributed by atoms with van der Waals surface area (Å²) in [6.07, 6.45) is 2.89. The van der Waals surface area contributed by atoms with Gasteiger partial charge < -0.3 is 24.3 Å². The summed E-state index contributed by atoms with van der Waals surface area (Å²) in [7, 11) is 2.99. The van der Waals surface area contributed by atoms with E-state index < -0.39 is 12.5 Å². The van der Waals surface area contributed by atoms with Crippen molar-refractivity contribution in [3.63, 3.8) is 0 Å². The quantitative estimate of drug-likeness (QED) is 0.384. The molecule has 0 unspecified atom stereocenters. The number of halogens is 2. The van der Waals surface area contributed by atoms with Gasteiger partial charge in [0.05, 0.1) is 14.2 Å². The normalized spacial score (nSPS) is 10.6. The zero-order valence-electron chi connectivity index (χ0n) is 19.0. The molecular weight excluding hydrogens is 458 g/mol. The highest BCUT2D eigenvalue weighted by atomic mass is 19.3. The smallest absolute Gasteiger partial charge is 0.387 e. The van der Waals surface area contributed by atoms with Crippen LogP contribution in [0.1, 0.15) is 5.56 Å². The molecule has 3 aromatic carbocycles. The molecular formula is C26H22F2N2O5. The zero-order valence-corrected chi connectivity index (χ0v) is 19.0. The van der Waals surface area contributed by atoms with E-state index in [1.807, 2.05) is 6.07 Å². The third-order valence-electron chi connectivity index (χ3n) is 4.77. The van der Waals surface area contributed by atoms with Gasteiger partial charge in [-0.05, 0) is 59.7 Å². The van der Waals surface area contributed by atoms with Crippen molar-refractivity contribution in [3.05, 3.63) is 72.3 Å². The van der Waals surface area contributed by atoms with Crippen LogP contribution in [-0.2, 0) is 4.79 Å². The molecule has 0 aliphatic heterocycles. The molecule has 35 heavy (non-hydrogen) atoms. The van der Waals surface area contributed by atoms with E-state index >= 15 is 0 Å². The predicted octanol–water partition coefficient (Wildman–Crippen LogP) is 5.53. The number of anilines is 1. The average Bonchev–Trinajstić information content (AvgIpc) is 2.87. The second kappa shape index (κ2) is 12.0. The van der Waals surface area contributed by atoms with Gasteiger partial charge in [-0.2, -0.15) is 14.0 Å². The minimum absolute atomic E-state index is 0.0236. The Morgan fingerprint density at radius 1 is 1.00 bits per heavy atom. The molecule has 9 heteroatoms. The van der Waals surface area contributed by atoms with E-state index in [-0.39, 0.29) is 12.4 Å². The number of rotatable bonds is 10. The molecule has 0 spiro atoms. The summed E-state index contributed by atoms with van der Waals surface area (Å²) in [5.74, 6) is 0.983. The highest BCUT2D eigenvalue weighted by Crippen LogP contribution is 2.35. The molecule has 0 fully saturated rings. The first-order valence-electron chi connectivity index (χ1n) is 10.3. The maximum absolute atomic E-state index is 12.9. The summed E-state index contributed by atoms with van der Waals surface area (Å²) in [4.78, 5) is 12.5. The van der Waals surface area contributed by atoms with Crippen LogP contribution >= 0.6 is 0 Å². The number of nitriles is 1. The molecule has 0 heterocycles. The Balaban J connectivity index is 1.78. The predicted molar refractivity (Wildman–Crippen MR) is 127 cm³/mol. The van der Waals surface area contributed by atoms with Crippen LogP contribution in [0.25, 0.3) is 17.2 Å². The lowest BCUT2D eigenvalue weighted by molar-refractivity contribution is -0.111. The summed E-state index contributed by atoms with van der Waals surface area (Å²) in [6, 6.07) is 18.1. The maximum atomic E-state index is 12.9. The fraction of sp³-hybridized carbons (Fsp3) is 0.154. The molecule has 180 valence electrons. The van der Waals surface area contributed by atoms with Crippen LogP contribution < -0.4 is 24.3 Å². The molecule has 1 N–H and O–H groups in total. The van der Waals surface area contributed by atoms with E-state index in [4.69, 9.17) is 19.5 Å². The van der Waals surface area contributed by atoms with Gasteiger partial charge in [-0.25, -0.2) is 0 Å². The van der Waals surface area contributed by atoms with E-state index in [9.17, 15) is 13.6 Å². The van der Waals surface area contributed by atoms with E-state index in [2.05, 4.69) is 10.1 Å². The first-order valence-corrected chi connectivity index (χ1v) is 10.3.